The molecule has 0 aliphatic rings. The summed E-state index contributed by atoms with van der Waals surface area (Å²) >= 11 is 2.67. The number of hydrogen-bond donors (Lipinski definition) is 2. The maximum atomic E-state index is 13.6. The van der Waals surface area contributed by atoms with Gasteiger partial charge in [-0.15, -0.1) is 22.7 Å². The lowest BCUT2D eigenvalue weighted by Gasteiger charge is -2.07. The van der Waals surface area contributed by atoms with Crippen LogP contribution in [-0.2, 0) is 16.6 Å². The van der Waals surface area contributed by atoms with Gasteiger partial charge in [-0.1, -0.05) is 6.07 Å². The second kappa shape index (κ2) is 7.30. The molecule has 4 nitrogen and oxygen atoms in total. The van der Waals surface area contributed by atoms with Crippen molar-refractivity contribution in [2.24, 2.45) is 0 Å². The van der Waals surface area contributed by atoms with Gasteiger partial charge < -0.3 is 5.11 Å². The molecule has 0 saturated carbocycles. The highest BCUT2D eigenvalue weighted by Crippen LogP contribution is 2.31. The third kappa shape index (κ3) is 4.13. The maximum absolute atomic E-state index is 13.6. The molecule has 0 radical (unpaired) electrons. The molecule has 1 atom stereocenters. The summed E-state index contributed by atoms with van der Waals surface area (Å²) in [6.07, 6.45) is -0.768. The molecule has 0 spiro atoms. The van der Waals surface area contributed by atoms with Crippen LogP contribution >= 0.6 is 22.7 Å². The predicted octanol–water partition coefficient (Wildman–Crippen LogP) is 3.65. The summed E-state index contributed by atoms with van der Waals surface area (Å²) in [6, 6.07) is 9.29. The Morgan fingerprint density at radius 1 is 1.12 bits per heavy atom. The molecule has 1 unspecified atom stereocenters. The van der Waals surface area contributed by atoms with Gasteiger partial charge in [0.1, 0.15) is 22.6 Å². The lowest BCUT2D eigenvalue weighted by molar-refractivity contribution is 0.228. The third-order valence-corrected chi connectivity index (χ3v) is 6.86. The summed E-state index contributed by atoms with van der Waals surface area (Å²) in [5.41, 5.74) is 0. The highest BCUT2D eigenvalue weighted by atomic mass is 32.2. The minimum Gasteiger partial charge on any atom is -0.382 e. The molecular formula is C16H13F2NO3S3. The van der Waals surface area contributed by atoms with Crippen molar-refractivity contribution in [2.75, 3.05) is 0 Å². The van der Waals surface area contributed by atoms with Crippen LogP contribution in [0.15, 0.2) is 52.7 Å². The summed E-state index contributed by atoms with van der Waals surface area (Å²) in [5, 5.41) is 12.1. The summed E-state index contributed by atoms with van der Waals surface area (Å²) in [6.45, 7) is -0.0832. The van der Waals surface area contributed by atoms with E-state index in [2.05, 4.69) is 4.72 Å². The van der Waals surface area contributed by atoms with Gasteiger partial charge in [-0.3, -0.25) is 0 Å². The van der Waals surface area contributed by atoms with Gasteiger partial charge in [-0.05, 0) is 41.8 Å². The first-order chi connectivity index (χ1) is 11.9. The molecule has 3 aromatic rings. The van der Waals surface area contributed by atoms with E-state index in [-0.39, 0.29) is 6.54 Å². The molecular weight excluding hydrogens is 388 g/mol. The van der Waals surface area contributed by atoms with Crippen LogP contribution < -0.4 is 4.72 Å². The van der Waals surface area contributed by atoms with E-state index in [9.17, 15) is 22.3 Å². The van der Waals surface area contributed by atoms with E-state index in [1.54, 1.807) is 12.1 Å². The van der Waals surface area contributed by atoms with E-state index >= 15 is 0 Å². The van der Waals surface area contributed by atoms with Crippen LogP contribution in [0.3, 0.4) is 0 Å². The molecule has 2 N–H and O–H groups in total. The number of nitrogens with one attached hydrogen (secondary N) is 1. The zero-order valence-corrected chi connectivity index (χ0v) is 15.1. The molecule has 3 rings (SSSR count). The Balaban J connectivity index is 1.72. The molecule has 0 fully saturated rings. The highest BCUT2D eigenvalue weighted by molar-refractivity contribution is 7.89. The number of aliphatic hydroxyl groups excluding tert-OH is 1. The number of aliphatic hydroxyl groups is 1. The fourth-order valence-corrected chi connectivity index (χ4v) is 5.10. The third-order valence-electron chi connectivity index (χ3n) is 3.38. The van der Waals surface area contributed by atoms with Gasteiger partial charge in [0.2, 0.25) is 10.0 Å². The van der Waals surface area contributed by atoms with E-state index in [1.807, 2.05) is 17.5 Å². The predicted molar refractivity (Wildman–Crippen MR) is 93.1 cm³/mol. The Morgan fingerprint density at radius 2 is 1.92 bits per heavy atom. The largest absolute Gasteiger partial charge is 0.382 e. The van der Waals surface area contributed by atoms with Gasteiger partial charge in [0.25, 0.3) is 0 Å². The first-order valence-corrected chi connectivity index (χ1v) is 10.3. The Hall–Kier alpha value is -1.65. The molecule has 0 saturated heterocycles. The van der Waals surface area contributed by atoms with Gasteiger partial charge in [0.15, 0.2) is 0 Å². The lowest BCUT2D eigenvalue weighted by atomic mass is 10.2. The standard InChI is InChI=1S/C16H13F2NO3S3/c17-10-3-5-12(18)15(8-10)25(21,22)19-9-11-4-6-14(24-11)16(20)13-2-1-7-23-13/h1-8,16,19-20H,9H2. The van der Waals surface area contributed by atoms with Crippen LogP contribution in [0.4, 0.5) is 8.78 Å². The summed E-state index contributed by atoms with van der Waals surface area (Å²) in [5.74, 6) is -1.85. The zero-order chi connectivity index (χ0) is 18.0. The van der Waals surface area contributed by atoms with Crippen molar-refractivity contribution in [3.05, 3.63) is 74.1 Å². The number of halogens is 2. The van der Waals surface area contributed by atoms with E-state index < -0.39 is 32.7 Å². The SMILES string of the molecule is O=S(=O)(NCc1ccc(C(O)c2cccs2)s1)c1cc(F)ccc1F. The number of rotatable bonds is 6. The van der Waals surface area contributed by atoms with Gasteiger partial charge >= 0.3 is 0 Å². The van der Waals surface area contributed by atoms with Gasteiger partial charge in [0, 0.05) is 21.2 Å². The van der Waals surface area contributed by atoms with Crippen molar-refractivity contribution in [3.63, 3.8) is 0 Å². The minimum atomic E-state index is -4.18. The Kier molecular flexibility index (Phi) is 5.30. The molecule has 2 aromatic heterocycles. The topological polar surface area (TPSA) is 66.4 Å². The molecule has 25 heavy (non-hydrogen) atoms. The van der Waals surface area contributed by atoms with E-state index in [1.165, 1.54) is 22.7 Å². The van der Waals surface area contributed by atoms with Gasteiger partial charge in [0.05, 0.1) is 0 Å². The number of benzene rings is 1. The highest BCUT2D eigenvalue weighted by Gasteiger charge is 2.20. The molecule has 1 aromatic carbocycles. The summed E-state index contributed by atoms with van der Waals surface area (Å²) in [7, 11) is -4.18. The van der Waals surface area contributed by atoms with Crippen molar-refractivity contribution < 1.29 is 22.3 Å². The maximum Gasteiger partial charge on any atom is 0.243 e. The van der Waals surface area contributed by atoms with Crippen LogP contribution in [0, 0.1) is 11.6 Å². The molecule has 0 bridgehead atoms. The van der Waals surface area contributed by atoms with Crippen LogP contribution in [0.1, 0.15) is 20.7 Å². The van der Waals surface area contributed by atoms with Crippen molar-refractivity contribution in [2.45, 2.75) is 17.5 Å². The molecule has 0 aliphatic carbocycles. The monoisotopic (exact) mass is 401 g/mol. The Bertz CT molecular complexity index is 968. The average molecular weight is 401 g/mol. The van der Waals surface area contributed by atoms with E-state index in [0.717, 1.165) is 17.0 Å². The normalized spacial score (nSPS) is 13.1. The van der Waals surface area contributed by atoms with Crippen LogP contribution in [0.5, 0.6) is 0 Å². The number of sulfonamides is 1. The second-order valence-corrected chi connectivity index (χ2v) is 9.04. The van der Waals surface area contributed by atoms with E-state index in [0.29, 0.717) is 15.8 Å². The lowest BCUT2D eigenvalue weighted by Crippen LogP contribution is -2.24. The fraction of sp³-hybridized carbons (Fsp3) is 0.125. The van der Waals surface area contributed by atoms with Crippen LogP contribution in [0.25, 0.3) is 0 Å². The first kappa shape index (κ1) is 18.2. The molecule has 0 aliphatic heterocycles. The van der Waals surface area contributed by atoms with Crippen molar-refractivity contribution in [1.82, 2.24) is 4.72 Å². The van der Waals surface area contributed by atoms with Crippen LogP contribution in [0.2, 0.25) is 0 Å². The average Bonchev–Trinajstić information content (AvgIpc) is 3.26. The quantitative estimate of drug-likeness (QED) is 0.663. The summed E-state index contributed by atoms with van der Waals surface area (Å²) in [4.78, 5) is 1.37. The van der Waals surface area contributed by atoms with Crippen molar-refractivity contribution in [3.8, 4) is 0 Å². The first-order valence-electron chi connectivity index (χ1n) is 7.11. The van der Waals surface area contributed by atoms with E-state index in [4.69, 9.17) is 0 Å². The minimum absolute atomic E-state index is 0.0832. The summed E-state index contributed by atoms with van der Waals surface area (Å²) < 4.78 is 53.4. The molecule has 2 heterocycles. The number of thiophene rings is 2. The smallest absolute Gasteiger partial charge is 0.243 e. The van der Waals surface area contributed by atoms with Crippen molar-refractivity contribution >= 4 is 32.7 Å². The molecule has 0 amide bonds. The zero-order valence-electron chi connectivity index (χ0n) is 12.6. The Labute approximate surface area is 151 Å². The fourth-order valence-electron chi connectivity index (χ4n) is 2.15. The Morgan fingerprint density at radius 3 is 2.64 bits per heavy atom. The van der Waals surface area contributed by atoms with Crippen LogP contribution in [-0.4, -0.2) is 13.5 Å². The number of hydrogen-bond acceptors (Lipinski definition) is 5. The molecule has 132 valence electrons. The van der Waals surface area contributed by atoms with Gasteiger partial charge in [-0.25, -0.2) is 21.9 Å². The second-order valence-electron chi connectivity index (χ2n) is 5.12. The van der Waals surface area contributed by atoms with Crippen molar-refractivity contribution in [1.29, 1.82) is 0 Å². The van der Waals surface area contributed by atoms with Gasteiger partial charge in [-0.2, -0.15) is 0 Å². The molecule has 9 heteroatoms.